The average Bonchev–Trinajstić information content (AvgIpc) is 2.83. The van der Waals surface area contributed by atoms with Crippen molar-refractivity contribution in [2.75, 3.05) is 13.1 Å². The average molecular weight is 460 g/mol. The number of nitrogens with zero attached hydrogens (tertiary/aromatic N) is 1. The van der Waals surface area contributed by atoms with Crippen molar-refractivity contribution in [2.24, 2.45) is 0 Å². The summed E-state index contributed by atoms with van der Waals surface area (Å²) in [5, 5.41) is 12.3. The predicted molar refractivity (Wildman–Crippen MR) is 143 cm³/mol. The van der Waals surface area contributed by atoms with Gasteiger partial charge in [0.1, 0.15) is 5.75 Å². The van der Waals surface area contributed by atoms with Gasteiger partial charge in [-0.25, -0.2) is 0 Å². The van der Waals surface area contributed by atoms with Crippen LogP contribution in [0.25, 0.3) is 0 Å². The fraction of sp³-hybridized carbons (Fsp3) is 0.400. The highest BCUT2D eigenvalue weighted by Crippen LogP contribution is 2.48. The molecule has 0 amide bonds. The molecule has 0 aromatic heterocycles. The molecular weight excluding hydrogens is 421 g/mol. The second kappa shape index (κ2) is 11.3. The van der Waals surface area contributed by atoms with E-state index < -0.39 is 0 Å². The zero-order valence-corrected chi connectivity index (χ0v) is 21.2. The molecular formula is C30H38NOP. The molecule has 2 nitrogen and oxygen atoms in total. The summed E-state index contributed by atoms with van der Waals surface area (Å²) in [6.07, 6.45) is 7.06. The molecule has 2 unspecified atom stereocenters. The van der Waals surface area contributed by atoms with Gasteiger partial charge in [0.05, 0.1) is 0 Å². The third-order valence-corrected chi connectivity index (χ3v) is 8.76. The Hall–Kier alpha value is -2.15. The fourth-order valence-electron chi connectivity index (χ4n) is 5.17. The van der Waals surface area contributed by atoms with E-state index in [9.17, 15) is 5.11 Å². The lowest BCUT2D eigenvalue weighted by Crippen LogP contribution is -2.31. The van der Waals surface area contributed by atoms with Crippen molar-refractivity contribution in [3.63, 3.8) is 0 Å². The van der Waals surface area contributed by atoms with E-state index in [4.69, 9.17) is 0 Å². The molecule has 2 atom stereocenters. The number of hydrogen-bond acceptors (Lipinski definition) is 2. The summed E-state index contributed by atoms with van der Waals surface area (Å²) >= 11 is 0. The van der Waals surface area contributed by atoms with E-state index in [0.717, 1.165) is 31.4 Å². The van der Waals surface area contributed by atoms with Gasteiger partial charge in [-0.3, -0.25) is 4.90 Å². The minimum Gasteiger partial charge on any atom is -0.508 e. The number of benzene rings is 3. The topological polar surface area (TPSA) is 23.5 Å². The first-order chi connectivity index (χ1) is 16.1. The first-order valence-electron chi connectivity index (χ1n) is 12.5. The summed E-state index contributed by atoms with van der Waals surface area (Å²) in [5.74, 6) is 0.434. The van der Waals surface area contributed by atoms with Crippen LogP contribution in [0.5, 0.6) is 5.75 Å². The summed E-state index contributed by atoms with van der Waals surface area (Å²) < 4.78 is 0. The summed E-state index contributed by atoms with van der Waals surface area (Å²) in [6.45, 7) is 8.09. The highest BCUT2D eigenvalue weighted by atomic mass is 31.1. The maximum absolute atomic E-state index is 11.0. The molecule has 33 heavy (non-hydrogen) atoms. The standard InChI is InChI=1S/C30H38NOP/c1-3-18-30(2,27-22-25(16-17-28(27)32)21-24-12-6-4-7-13-24)33-29-15-9-8-14-26(29)23-31-19-10-5-11-20-31/h4,6-9,12-17,22,32-33H,3,5,10-11,18-21,23H2,1-2H3. The summed E-state index contributed by atoms with van der Waals surface area (Å²) in [5.41, 5.74) is 5.13. The van der Waals surface area contributed by atoms with Gasteiger partial charge in [0, 0.05) is 17.3 Å². The van der Waals surface area contributed by atoms with E-state index in [1.165, 1.54) is 54.3 Å². The minimum atomic E-state index is -0.0798. The molecule has 1 fully saturated rings. The molecule has 4 rings (SSSR count). The molecule has 1 aliphatic heterocycles. The number of likely N-dealkylation sites (tertiary alicyclic amines) is 1. The molecule has 0 spiro atoms. The lowest BCUT2D eigenvalue weighted by Gasteiger charge is -2.33. The van der Waals surface area contributed by atoms with Crippen LogP contribution in [-0.4, -0.2) is 23.1 Å². The zero-order chi connectivity index (χ0) is 23.1. The van der Waals surface area contributed by atoms with Crippen LogP contribution in [0, 0.1) is 0 Å². The van der Waals surface area contributed by atoms with Gasteiger partial charge in [-0.15, -0.1) is 0 Å². The Morgan fingerprint density at radius 1 is 0.879 bits per heavy atom. The maximum Gasteiger partial charge on any atom is 0.119 e. The van der Waals surface area contributed by atoms with E-state index >= 15 is 0 Å². The normalized spacial score (nSPS) is 16.8. The Balaban J connectivity index is 1.62. The molecule has 1 N–H and O–H groups in total. The van der Waals surface area contributed by atoms with Gasteiger partial charge in [0.25, 0.3) is 0 Å². The first kappa shape index (κ1) is 24.0. The number of hydrogen-bond donors (Lipinski definition) is 1. The van der Waals surface area contributed by atoms with Crippen LogP contribution in [-0.2, 0) is 18.1 Å². The SMILES string of the molecule is CCCC(C)(Pc1ccccc1CN1CCCCC1)c1cc(Cc2ccccc2)ccc1O. The van der Waals surface area contributed by atoms with Gasteiger partial charge >= 0.3 is 0 Å². The maximum atomic E-state index is 11.0. The smallest absolute Gasteiger partial charge is 0.119 e. The molecule has 3 heteroatoms. The van der Waals surface area contributed by atoms with Crippen molar-refractivity contribution >= 4 is 13.9 Å². The lowest BCUT2D eigenvalue weighted by molar-refractivity contribution is 0.221. The largest absolute Gasteiger partial charge is 0.508 e. The van der Waals surface area contributed by atoms with E-state index in [0.29, 0.717) is 14.3 Å². The van der Waals surface area contributed by atoms with Crippen molar-refractivity contribution in [1.82, 2.24) is 4.90 Å². The quantitative estimate of drug-likeness (QED) is 0.349. The third-order valence-electron chi connectivity index (χ3n) is 6.93. The van der Waals surface area contributed by atoms with Crippen LogP contribution in [0.15, 0.2) is 72.8 Å². The van der Waals surface area contributed by atoms with Crippen LogP contribution in [0.4, 0.5) is 0 Å². The van der Waals surface area contributed by atoms with Crippen molar-refractivity contribution < 1.29 is 5.11 Å². The number of piperidine rings is 1. The van der Waals surface area contributed by atoms with Gasteiger partial charge in [-0.1, -0.05) is 102 Å². The number of rotatable bonds is 9. The van der Waals surface area contributed by atoms with Gasteiger partial charge < -0.3 is 5.11 Å². The molecule has 0 aliphatic carbocycles. The molecule has 1 heterocycles. The zero-order valence-electron chi connectivity index (χ0n) is 20.2. The molecule has 3 aromatic carbocycles. The van der Waals surface area contributed by atoms with Crippen LogP contribution in [0.1, 0.15) is 68.2 Å². The van der Waals surface area contributed by atoms with Gasteiger partial charge in [0.2, 0.25) is 0 Å². The highest BCUT2D eigenvalue weighted by molar-refractivity contribution is 7.48. The van der Waals surface area contributed by atoms with Crippen molar-refractivity contribution in [1.29, 1.82) is 0 Å². The summed E-state index contributed by atoms with van der Waals surface area (Å²) in [7, 11) is 0.627. The van der Waals surface area contributed by atoms with Gasteiger partial charge in [-0.2, -0.15) is 0 Å². The molecule has 0 bridgehead atoms. The number of phenolic OH excluding ortho intramolecular Hbond substituents is 1. The Bertz CT molecular complexity index is 1030. The number of aromatic hydroxyl groups is 1. The molecule has 1 aliphatic rings. The van der Waals surface area contributed by atoms with Crippen molar-refractivity contribution in [3.05, 3.63) is 95.1 Å². The van der Waals surface area contributed by atoms with Crippen LogP contribution < -0.4 is 5.30 Å². The second-order valence-electron chi connectivity index (χ2n) is 9.71. The van der Waals surface area contributed by atoms with Gasteiger partial charge in [0.15, 0.2) is 0 Å². The molecule has 0 radical (unpaired) electrons. The summed E-state index contributed by atoms with van der Waals surface area (Å²) in [4.78, 5) is 2.61. The summed E-state index contributed by atoms with van der Waals surface area (Å²) in [6, 6.07) is 25.8. The van der Waals surface area contributed by atoms with Crippen LogP contribution in [0.3, 0.4) is 0 Å². The van der Waals surface area contributed by atoms with Crippen LogP contribution in [0.2, 0.25) is 0 Å². The fourth-order valence-corrected chi connectivity index (χ4v) is 6.97. The van der Waals surface area contributed by atoms with Crippen LogP contribution >= 0.6 is 8.58 Å². The minimum absolute atomic E-state index is 0.0798. The second-order valence-corrected chi connectivity index (χ2v) is 11.6. The van der Waals surface area contributed by atoms with E-state index in [-0.39, 0.29) is 5.16 Å². The predicted octanol–water partition coefficient (Wildman–Crippen LogP) is 6.99. The third kappa shape index (κ3) is 6.25. The van der Waals surface area contributed by atoms with Crippen molar-refractivity contribution in [3.8, 4) is 5.75 Å². The molecule has 0 saturated carbocycles. The van der Waals surface area contributed by atoms with E-state index in [1.807, 2.05) is 6.07 Å². The Morgan fingerprint density at radius 2 is 1.61 bits per heavy atom. The Labute approximate surface area is 201 Å². The molecule has 1 saturated heterocycles. The Kier molecular flexibility index (Phi) is 8.23. The Morgan fingerprint density at radius 3 is 2.36 bits per heavy atom. The van der Waals surface area contributed by atoms with Gasteiger partial charge in [-0.05, 0) is 66.8 Å². The molecule has 174 valence electrons. The highest BCUT2D eigenvalue weighted by Gasteiger charge is 2.30. The van der Waals surface area contributed by atoms with Crippen molar-refractivity contribution in [2.45, 2.75) is 64.1 Å². The molecule has 3 aromatic rings. The van der Waals surface area contributed by atoms with E-state index in [1.54, 1.807) is 0 Å². The first-order valence-corrected chi connectivity index (χ1v) is 13.5. The number of phenols is 1. The monoisotopic (exact) mass is 459 g/mol. The lowest BCUT2D eigenvalue weighted by atomic mass is 9.91. The van der Waals surface area contributed by atoms with E-state index in [2.05, 4.69) is 85.5 Å².